The van der Waals surface area contributed by atoms with Crippen LogP contribution in [0, 0.1) is 0 Å². The van der Waals surface area contributed by atoms with Crippen LogP contribution in [0.3, 0.4) is 0 Å². The van der Waals surface area contributed by atoms with Crippen molar-refractivity contribution in [2.75, 3.05) is 0 Å². The van der Waals surface area contributed by atoms with Gasteiger partial charge in [0.2, 0.25) is 0 Å². The fourth-order valence-electron chi connectivity index (χ4n) is 6.83. The van der Waals surface area contributed by atoms with Crippen molar-refractivity contribution in [2.45, 2.75) is 74.4 Å². The van der Waals surface area contributed by atoms with Crippen molar-refractivity contribution < 1.29 is 19.8 Å². The number of carbonyl (C=O) groups excluding carboxylic acids is 2. The van der Waals surface area contributed by atoms with E-state index in [0.717, 1.165) is 60.8 Å². The first kappa shape index (κ1) is 29.6. The number of carbonyl (C=O) groups is 2. The highest BCUT2D eigenvalue weighted by Crippen LogP contribution is 2.49. The second kappa shape index (κ2) is 13.4. The van der Waals surface area contributed by atoms with Gasteiger partial charge in [-0.25, -0.2) is 0 Å². The highest BCUT2D eigenvalue weighted by molar-refractivity contribution is 6.08. The summed E-state index contributed by atoms with van der Waals surface area (Å²) in [6, 6.07) is 38.3. The molecule has 0 radical (unpaired) electrons. The van der Waals surface area contributed by atoms with E-state index in [4.69, 9.17) is 0 Å². The van der Waals surface area contributed by atoms with E-state index in [1.807, 2.05) is 121 Å². The fraction of sp³-hybridized carbons (Fsp3) is 0.316. The van der Waals surface area contributed by atoms with Gasteiger partial charge in [0.05, 0.1) is 0 Å². The Labute approximate surface area is 249 Å². The van der Waals surface area contributed by atoms with Gasteiger partial charge in [-0.15, -0.1) is 0 Å². The molecule has 0 spiro atoms. The summed E-state index contributed by atoms with van der Waals surface area (Å²) in [6.07, 6.45) is 6.03. The lowest BCUT2D eigenvalue weighted by Gasteiger charge is -2.47. The third-order valence-electron chi connectivity index (χ3n) is 9.02. The van der Waals surface area contributed by atoms with Crippen LogP contribution in [0.15, 0.2) is 121 Å². The number of ketones is 2. The molecule has 2 saturated carbocycles. The van der Waals surface area contributed by atoms with Crippen LogP contribution in [0.4, 0.5) is 0 Å². The molecule has 2 aliphatic carbocycles. The molecule has 2 fully saturated rings. The average Bonchev–Trinajstić information content (AvgIpc) is 3.06. The number of benzene rings is 4. The molecule has 2 N–H and O–H groups in total. The minimum Gasteiger partial charge on any atom is -0.381 e. The number of hydrogen-bond acceptors (Lipinski definition) is 4. The van der Waals surface area contributed by atoms with Crippen LogP contribution in [0.25, 0.3) is 0 Å². The Morgan fingerprint density at radius 2 is 0.833 bits per heavy atom. The molecule has 0 saturated heterocycles. The maximum absolute atomic E-state index is 13.9. The Bertz CT molecular complexity index is 1330. The van der Waals surface area contributed by atoms with Gasteiger partial charge in [0.1, 0.15) is 11.2 Å². The summed E-state index contributed by atoms with van der Waals surface area (Å²) >= 11 is 0. The third kappa shape index (κ3) is 6.30. The standard InChI is InChI=1S/C25H30O3.C13H10O/c26-23(24(27)17-9-7-15-21(24)19-11-3-1-4-12-19)25(28)18-10-8-16-22(25)20-13-5-2-6-14-20;14-13(11-7-3-1-4-8-11)12-9-5-2-6-10-12/h1-6,11-14,21-22,27-28H,7-10,15-18H2;1-10H. The van der Waals surface area contributed by atoms with Gasteiger partial charge in [-0.2, -0.15) is 0 Å². The molecule has 4 heteroatoms. The van der Waals surface area contributed by atoms with E-state index in [0.29, 0.717) is 12.8 Å². The maximum Gasteiger partial charge on any atom is 0.196 e. The van der Waals surface area contributed by atoms with Gasteiger partial charge in [0.25, 0.3) is 0 Å². The molecule has 0 heterocycles. The van der Waals surface area contributed by atoms with Crippen molar-refractivity contribution in [3.8, 4) is 0 Å². The predicted molar refractivity (Wildman–Crippen MR) is 167 cm³/mol. The first-order valence-corrected chi connectivity index (χ1v) is 15.2. The van der Waals surface area contributed by atoms with Crippen LogP contribution >= 0.6 is 0 Å². The zero-order chi connectivity index (χ0) is 29.4. The monoisotopic (exact) mass is 560 g/mol. The summed E-state index contributed by atoms with van der Waals surface area (Å²) in [4.78, 5) is 25.7. The van der Waals surface area contributed by atoms with Gasteiger partial charge in [0, 0.05) is 23.0 Å². The lowest BCUT2D eigenvalue weighted by Crippen LogP contribution is -2.60. The average molecular weight is 561 g/mol. The van der Waals surface area contributed by atoms with Gasteiger partial charge < -0.3 is 10.2 Å². The Hall–Kier alpha value is -3.86. The van der Waals surface area contributed by atoms with Gasteiger partial charge in [-0.1, -0.05) is 147 Å². The molecule has 4 aromatic rings. The molecule has 4 atom stereocenters. The van der Waals surface area contributed by atoms with Crippen molar-refractivity contribution >= 4 is 11.6 Å². The zero-order valence-electron chi connectivity index (χ0n) is 24.1. The molecule has 0 bridgehead atoms. The van der Waals surface area contributed by atoms with E-state index in [1.54, 1.807) is 0 Å². The highest BCUT2D eigenvalue weighted by atomic mass is 16.3. The summed E-state index contributed by atoms with van der Waals surface area (Å²) in [6.45, 7) is 0. The quantitative estimate of drug-likeness (QED) is 0.238. The smallest absolute Gasteiger partial charge is 0.196 e. The lowest BCUT2D eigenvalue weighted by molar-refractivity contribution is -0.168. The minimum atomic E-state index is -1.50. The van der Waals surface area contributed by atoms with E-state index in [-0.39, 0.29) is 23.4 Å². The van der Waals surface area contributed by atoms with Crippen molar-refractivity contribution in [1.29, 1.82) is 0 Å². The Morgan fingerprint density at radius 3 is 1.19 bits per heavy atom. The highest BCUT2D eigenvalue weighted by Gasteiger charge is 2.57. The molecule has 2 aliphatic rings. The summed E-state index contributed by atoms with van der Waals surface area (Å²) in [5.74, 6) is -0.789. The van der Waals surface area contributed by atoms with Crippen molar-refractivity contribution in [2.24, 2.45) is 0 Å². The van der Waals surface area contributed by atoms with Crippen LogP contribution in [-0.4, -0.2) is 33.0 Å². The van der Waals surface area contributed by atoms with E-state index < -0.39 is 11.2 Å². The minimum absolute atomic E-state index is 0.0752. The maximum atomic E-state index is 13.9. The number of Topliss-reactive ketones (excluding diaryl/α,β-unsaturated/α-hetero) is 1. The normalized spacial score (nSPS) is 25.5. The molecular weight excluding hydrogens is 520 g/mol. The van der Waals surface area contributed by atoms with E-state index >= 15 is 0 Å². The van der Waals surface area contributed by atoms with Crippen LogP contribution < -0.4 is 0 Å². The second-order valence-electron chi connectivity index (χ2n) is 11.7. The summed E-state index contributed by atoms with van der Waals surface area (Å²) < 4.78 is 0. The van der Waals surface area contributed by atoms with Crippen LogP contribution in [0.5, 0.6) is 0 Å². The number of rotatable bonds is 6. The van der Waals surface area contributed by atoms with Gasteiger partial charge in [-0.3, -0.25) is 9.59 Å². The third-order valence-corrected chi connectivity index (χ3v) is 9.02. The van der Waals surface area contributed by atoms with Gasteiger partial charge in [0.15, 0.2) is 11.6 Å². The topological polar surface area (TPSA) is 74.6 Å². The molecular formula is C38H40O4. The van der Waals surface area contributed by atoms with Crippen LogP contribution in [0.1, 0.15) is 90.3 Å². The Morgan fingerprint density at radius 1 is 0.500 bits per heavy atom. The molecule has 4 nitrogen and oxygen atoms in total. The fourth-order valence-corrected chi connectivity index (χ4v) is 6.83. The van der Waals surface area contributed by atoms with Crippen molar-refractivity contribution in [3.05, 3.63) is 144 Å². The largest absolute Gasteiger partial charge is 0.381 e. The van der Waals surface area contributed by atoms with E-state index in [9.17, 15) is 19.8 Å². The predicted octanol–water partition coefficient (Wildman–Crippen LogP) is 7.65. The van der Waals surface area contributed by atoms with Crippen molar-refractivity contribution in [3.63, 3.8) is 0 Å². The van der Waals surface area contributed by atoms with Crippen molar-refractivity contribution in [1.82, 2.24) is 0 Å². The lowest BCUT2D eigenvalue weighted by atomic mass is 9.61. The molecule has 216 valence electrons. The number of hydrogen-bond donors (Lipinski definition) is 2. The molecule has 0 aromatic heterocycles. The molecule has 42 heavy (non-hydrogen) atoms. The summed E-state index contributed by atoms with van der Waals surface area (Å²) in [5, 5.41) is 23.5. The molecule has 4 unspecified atom stereocenters. The molecule has 4 aromatic carbocycles. The summed E-state index contributed by atoms with van der Waals surface area (Å²) in [7, 11) is 0. The Kier molecular flexibility index (Phi) is 9.46. The second-order valence-corrected chi connectivity index (χ2v) is 11.7. The van der Waals surface area contributed by atoms with E-state index in [1.165, 1.54) is 0 Å². The first-order valence-electron chi connectivity index (χ1n) is 15.2. The van der Waals surface area contributed by atoms with E-state index in [2.05, 4.69) is 0 Å². The Balaban J connectivity index is 0.000000211. The summed E-state index contributed by atoms with van der Waals surface area (Å²) in [5.41, 5.74) is 0.456. The molecule has 0 aliphatic heterocycles. The molecule has 6 rings (SSSR count). The zero-order valence-corrected chi connectivity index (χ0v) is 24.1. The SMILES string of the molecule is O=C(C1(O)CCCCC1c1ccccc1)C1(O)CCCCC1c1ccccc1.O=C(c1ccccc1)c1ccccc1. The first-order chi connectivity index (χ1) is 20.4. The molecule has 0 amide bonds. The number of aliphatic hydroxyl groups is 2. The van der Waals surface area contributed by atoms with Crippen LogP contribution in [0.2, 0.25) is 0 Å². The van der Waals surface area contributed by atoms with Gasteiger partial charge >= 0.3 is 0 Å². The van der Waals surface area contributed by atoms with Crippen LogP contribution in [-0.2, 0) is 4.79 Å². The van der Waals surface area contributed by atoms with Gasteiger partial charge in [-0.05, 0) is 36.8 Å².